The number of hydrogen-bond acceptors (Lipinski definition) is 4. The third-order valence-electron chi connectivity index (χ3n) is 3.00. The van der Waals surface area contributed by atoms with Crippen molar-refractivity contribution in [1.82, 2.24) is 4.98 Å². The SMILES string of the molecule is N=C(N)c1ccnc(N2CCC(CO)C2)c1Cl. The van der Waals surface area contributed by atoms with E-state index in [1.54, 1.807) is 12.3 Å². The molecule has 6 heteroatoms. The van der Waals surface area contributed by atoms with Crippen molar-refractivity contribution in [3.8, 4) is 0 Å². The van der Waals surface area contributed by atoms with Crippen LogP contribution in [0.25, 0.3) is 0 Å². The highest BCUT2D eigenvalue weighted by Crippen LogP contribution is 2.30. The fraction of sp³-hybridized carbons (Fsp3) is 0.455. The van der Waals surface area contributed by atoms with Crippen molar-refractivity contribution in [2.75, 3.05) is 24.6 Å². The summed E-state index contributed by atoms with van der Waals surface area (Å²) in [5.74, 6) is 0.862. The molecule has 1 aromatic rings. The van der Waals surface area contributed by atoms with Gasteiger partial charge >= 0.3 is 0 Å². The number of pyridine rings is 1. The maximum absolute atomic E-state index is 9.11. The predicted molar refractivity (Wildman–Crippen MR) is 67.7 cm³/mol. The Morgan fingerprint density at radius 2 is 2.47 bits per heavy atom. The van der Waals surface area contributed by atoms with Gasteiger partial charge in [0.1, 0.15) is 11.7 Å². The number of nitrogens with two attached hydrogens (primary N) is 1. The number of anilines is 1. The van der Waals surface area contributed by atoms with Crippen molar-refractivity contribution in [2.24, 2.45) is 11.7 Å². The summed E-state index contributed by atoms with van der Waals surface area (Å²) in [6, 6.07) is 1.63. The van der Waals surface area contributed by atoms with Gasteiger partial charge in [0.15, 0.2) is 0 Å². The van der Waals surface area contributed by atoms with Gasteiger partial charge in [-0.1, -0.05) is 11.6 Å². The smallest absolute Gasteiger partial charge is 0.148 e. The van der Waals surface area contributed by atoms with E-state index in [4.69, 9.17) is 27.9 Å². The summed E-state index contributed by atoms with van der Waals surface area (Å²) in [5, 5.41) is 17.0. The lowest BCUT2D eigenvalue weighted by Crippen LogP contribution is -2.23. The van der Waals surface area contributed by atoms with Crippen molar-refractivity contribution >= 4 is 23.3 Å². The van der Waals surface area contributed by atoms with E-state index in [0.29, 0.717) is 16.4 Å². The maximum atomic E-state index is 9.11. The Hall–Kier alpha value is -1.33. The predicted octanol–water partition coefficient (Wildman–Crippen LogP) is 0.838. The normalized spacial score (nSPS) is 19.6. The number of aromatic nitrogens is 1. The second kappa shape index (κ2) is 4.89. The van der Waals surface area contributed by atoms with Crippen molar-refractivity contribution < 1.29 is 5.11 Å². The van der Waals surface area contributed by atoms with E-state index >= 15 is 0 Å². The van der Waals surface area contributed by atoms with Gasteiger partial charge in [0.05, 0.1) is 5.02 Å². The summed E-state index contributed by atoms with van der Waals surface area (Å²) in [4.78, 5) is 6.26. The molecule has 1 aliphatic heterocycles. The number of nitrogen functional groups attached to an aromatic ring is 1. The first-order valence-corrected chi connectivity index (χ1v) is 5.86. The Balaban J connectivity index is 2.28. The van der Waals surface area contributed by atoms with E-state index < -0.39 is 0 Å². The molecule has 5 nitrogen and oxygen atoms in total. The molecule has 1 atom stereocenters. The zero-order valence-corrected chi connectivity index (χ0v) is 10.1. The van der Waals surface area contributed by atoms with Crippen LogP contribution in [0.1, 0.15) is 12.0 Å². The van der Waals surface area contributed by atoms with E-state index in [1.165, 1.54) is 0 Å². The lowest BCUT2D eigenvalue weighted by Gasteiger charge is -2.19. The second-order valence-electron chi connectivity index (χ2n) is 4.19. The van der Waals surface area contributed by atoms with Crippen LogP contribution in [0.15, 0.2) is 12.3 Å². The lowest BCUT2D eigenvalue weighted by atomic mass is 10.1. The van der Waals surface area contributed by atoms with Gasteiger partial charge in [-0.05, 0) is 12.5 Å². The molecule has 0 aliphatic carbocycles. The molecule has 0 saturated carbocycles. The summed E-state index contributed by atoms with van der Waals surface area (Å²) in [6.45, 7) is 1.74. The van der Waals surface area contributed by atoms with Crippen molar-refractivity contribution in [3.63, 3.8) is 0 Å². The van der Waals surface area contributed by atoms with Crippen LogP contribution in [-0.4, -0.2) is 35.6 Å². The molecule has 2 heterocycles. The van der Waals surface area contributed by atoms with Crippen LogP contribution in [0.4, 0.5) is 5.82 Å². The first-order valence-electron chi connectivity index (χ1n) is 5.48. The van der Waals surface area contributed by atoms with E-state index in [0.717, 1.165) is 19.5 Å². The van der Waals surface area contributed by atoms with Gasteiger partial charge in [0, 0.05) is 37.4 Å². The van der Waals surface area contributed by atoms with E-state index in [9.17, 15) is 0 Å². The van der Waals surface area contributed by atoms with Crippen LogP contribution in [0.5, 0.6) is 0 Å². The Morgan fingerprint density at radius 3 is 3.06 bits per heavy atom. The Kier molecular flexibility index (Phi) is 3.49. The molecule has 17 heavy (non-hydrogen) atoms. The molecule has 1 unspecified atom stereocenters. The Morgan fingerprint density at radius 1 is 1.71 bits per heavy atom. The number of nitrogens with zero attached hydrogens (tertiary/aromatic N) is 2. The summed E-state index contributed by atoms with van der Waals surface area (Å²) in [5.41, 5.74) is 5.95. The van der Waals surface area contributed by atoms with Crippen LogP contribution in [0, 0.1) is 11.3 Å². The van der Waals surface area contributed by atoms with Gasteiger partial charge in [-0.15, -0.1) is 0 Å². The van der Waals surface area contributed by atoms with Gasteiger partial charge < -0.3 is 15.7 Å². The monoisotopic (exact) mass is 254 g/mol. The topological polar surface area (TPSA) is 86.2 Å². The molecular weight excluding hydrogens is 240 g/mol. The molecule has 1 saturated heterocycles. The molecule has 1 fully saturated rings. The molecule has 92 valence electrons. The summed E-state index contributed by atoms with van der Waals surface area (Å²) in [6.07, 6.45) is 2.53. The number of hydrogen-bond donors (Lipinski definition) is 3. The molecule has 0 radical (unpaired) electrons. The zero-order chi connectivity index (χ0) is 12.4. The van der Waals surface area contributed by atoms with Gasteiger partial charge in [0.25, 0.3) is 0 Å². The number of rotatable bonds is 3. The standard InChI is InChI=1S/C11H15ClN4O/c12-9-8(10(13)14)1-3-15-11(9)16-4-2-7(5-16)6-17/h1,3,7,17H,2,4-6H2,(H3,13,14). The fourth-order valence-corrected chi connectivity index (χ4v) is 2.37. The van der Waals surface area contributed by atoms with Gasteiger partial charge in [-0.3, -0.25) is 5.41 Å². The highest BCUT2D eigenvalue weighted by molar-refractivity contribution is 6.36. The Bertz CT molecular complexity index is 437. The molecule has 0 spiro atoms. The van der Waals surface area contributed by atoms with Crippen LogP contribution in [-0.2, 0) is 0 Å². The molecule has 2 rings (SSSR count). The van der Waals surface area contributed by atoms with Crippen molar-refractivity contribution in [3.05, 3.63) is 22.8 Å². The average Bonchev–Trinajstić information content (AvgIpc) is 2.77. The molecule has 0 bridgehead atoms. The molecule has 1 aromatic heterocycles. The summed E-state index contributed by atoms with van der Waals surface area (Å²) >= 11 is 6.19. The molecule has 1 aliphatic rings. The van der Waals surface area contributed by atoms with Crippen molar-refractivity contribution in [1.29, 1.82) is 5.41 Å². The first-order chi connectivity index (χ1) is 8.13. The number of aliphatic hydroxyl groups excluding tert-OH is 1. The molecular formula is C11H15ClN4O. The largest absolute Gasteiger partial charge is 0.396 e. The van der Waals surface area contributed by atoms with Gasteiger partial charge in [-0.2, -0.15) is 0 Å². The number of aliphatic hydroxyl groups is 1. The number of nitrogens with one attached hydrogen (secondary N) is 1. The minimum Gasteiger partial charge on any atom is -0.396 e. The van der Waals surface area contributed by atoms with Crippen molar-refractivity contribution in [2.45, 2.75) is 6.42 Å². The third kappa shape index (κ3) is 2.35. The van der Waals surface area contributed by atoms with E-state index in [1.807, 2.05) is 4.90 Å². The van der Waals surface area contributed by atoms with Crippen LogP contribution < -0.4 is 10.6 Å². The minimum atomic E-state index is -0.0587. The lowest BCUT2D eigenvalue weighted by molar-refractivity contribution is 0.238. The minimum absolute atomic E-state index is 0.0587. The summed E-state index contributed by atoms with van der Waals surface area (Å²) in [7, 11) is 0. The van der Waals surface area contributed by atoms with Crippen LogP contribution in [0.3, 0.4) is 0 Å². The molecule has 0 amide bonds. The fourth-order valence-electron chi connectivity index (χ4n) is 2.04. The average molecular weight is 255 g/mol. The maximum Gasteiger partial charge on any atom is 0.148 e. The quantitative estimate of drug-likeness (QED) is 0.551. The highest BCUT2D eigenvalue weighted by atomic mass is 35.5. The van der Waals surface area contributed by atoms with E-state index in [-0.39, 0.29) is 18.4 Å². The number of halogens is 1. The summed E-state index contributed by atoms with van der Waals surface area (Å²) < 4.78 is 0. The second-order valence-corrected chi connectivity index (χ2v) is 4.57. The first kappa shape index (κ1) is 12.1. The number of amidine groups is 1. The van der Waals surface area contributed by atoms with E-state index in [2.05, 4.69) is 4.98 Å². The van der Waals surface area contributed by atoms with Crippen LogP contribution >= 0.6 is 11.6 Å². The van der Waals surface area contributed by atoms with Gasteiger partial charge in [0.2, 0.25) is 0 Å². The molecule has 4 N–H and O–H groups in total. The van der Waals surface area contributed by atoms with Crippen LogP contribution in [0.2, 0.25) is 5.02 Å². The molecule has 0 aromatic carbocycles. The zero-order valence-electron chi connectivity index (χ0n) is 9.36. The highest BCUT2D eigenvalue weighted by Gasteiger charge is 2.25. The third-order valence-corrected chi connectivity index (χ3v) is 3.38. The van der Waals surface area contributed by atoms with Gasteiger partial charge in [-0.25, -0.2) is 4.98 Å². The Labute approximate surface area is 105 Å².